The van der Waals surface area contributed by atoms with Crippen molar-refractivity contribution in [1.82, 2.24) is 0 Å². The third-order valence-corrected chi connectivity index (χ3v) is 2.35. The monoisotopic (exact) mass is 178 g/mol. The zero-order valence-corrected chi connectivity index (χ0v) is 6.97. The van der Waals surface area contributed by atoms with Gasteiger partial charge in [-0.2, -0.15) is 0 Å². The summed E-state index contributed by atoms with van der Waals surface area (Å²) < 4.78 is 0. The van der Waals surface area contributed by atoms with Crippen LogP contribution >= 0.6 is 0 Å². The standard InChI is InChI=1S/C10H10O3/c11-9-5-8(9)6-3-1-2-4-7(6)10(12)13/h1-4,8-9,11H,5H2,(H,12,13). The summed E-state index contributed by atoms with van der Waals surface area (Å²) in [4.78, 5) is 10.8. The van der Waals surface area contributed by atoms with Gasteiger partial charge in [0.05, 0.1) is 11.7 Å². The van der Waals surface area contributed by atoms with Gasteiger partial charge in [-0.1, -0.05) is 18.2 Å². The SMILES string of the molecule is O=C(O)c1ccccc1C1CC1O. The Morgan fingerprint density at radius 3 is 2.54 bits per heavy atom. The van der Waals surface area contributed by atoms with Crippen LogP contribution in [0.15, 0.2) is 24.3 Å². The molecule has 3 nitrogen and oxygen atoms in total. The van der Waals surface area contributed by atoms with Crippen LogP contribution in [-0.2, 0) is 0 Å². The molecule has 0 aromatic heterocycles. The van der Waals surface area contributed by atoms with Gasteiger partial charge in [-0.3, -0.25) is 0 Å². The van der Waals surface area contributed by atoms with Gasteiger partial charge in [0.2, 0.25) is 0 Å². The molecule has 2 N–H and O–H groups in total. The van der Waals surface area contributed by atoms with Crippen LogP contribution in [0.25, 0.3) is 0 Å². The Morgan fingerprint density at radius 1 is 1.38 bits per heavy atom. The Labute approximate surface area is 75.6 Å². The highest BCUT2D eigenvalue weighted by molar-refractivity contribution is 5.89. The van der Waals surface area contributed by atoms with E-state index >= 15 is 0 Å². The Balaban J connectivity index is 2.38. The van der Waals surface area contributed by atoms with Crippen LogP contribution < -0.4 is 0 Å². The second-order valence-electron chi connectivity index (χ2n) is 3.30. The molecule has 2 rings (SSSR count). The van der Waals surface area contributed by atoms with Crippen molar-refractivity contribution in [2.24, 2.45) is 0 Å². The van der Waals surface area contributed by atoms with E-state index in [4.69, 9.17) is 5.11 Å². The lowest BCUT2D eigenvalue weighted by Crippen LogP contribution is -2.02. The van der Waals surface area contributed by atoms with Crippen LogP contribution in [0.3, 0.4) is 0 Å². The van der Waals surface area contributed by atoms with Crippen molar-refractivity contribution in [3.63, 3.8) is 0 Å². The van der Waals surface area contributed by atoms with E-state index in [0.717, 1.165) is 5.56 Å². The number of hydrogen-bond acceptors (Lipinski definition) is 2. The molecule has 1 saturated carbocycles. The zero-order chi connectivity index (χ0) is 9.42. The van der Waals surface area contributed by atoms with Crippen molar-refractivity contribution in [3.05, 3.63) is 35.4 Å². The van der Waals surface area contributed by atoms with Crippen LogP contribution in [0.1, 0.15) is 28.3 Å². The molecule has 1 aliphatic rings. The molecule has 68 valence electrons. The van der Waals surface area contributed by atoms with Gasteiger partial charge in [-0.15, -0.1) is 0 Å². The van der Waals surface area contributed by atoms with Gasteiger partial charge < -0.3 is 10.2 Å². The number of carbonyl (C=O) groups is 1. The summed E-state index contributed by atoms with van der Waals surface area (Å²) in [7, 11) is 0. The number of rotatable bonds is 2. The van der Waals surface area contributed by atoms with Crippen molar-refractivity contribution < 1.29 is 15.0 Å². The molecule has 1 aromatic rings. The molecule has 13 heavy (non-hydrogen) atoms. The number of aromatic carboxylic acids is 1. The molecule has 2 unspecified atom stereocenters. The van der Waals surface area contributed by atoms with E-state index < -0.39 is 5.97 Å². The highest BCUT2D eigenvalue weighted by Crippen LogP contribution is 2.41. The first-order chi connectivity index (χ1) is 6.20. The first kappa shape index (κ1) is 8.26. The molecule has 1 aromatic carbocycles. The molecule has 2 atom stereocenters. The van der Waals surface area contributed by atoms with Gasteiger partial charge in [-0.25, -0.2) is 4.79 Å². The summed E-state index contributed by atoms with van der Waals surface area (Å²) >= 11 is 0. The second-order valence-corrected chi connectivity index (χ2v) is 3.30. The van der Waals surface area contributed by atoms with Gasteiger partial charge in [0.15, 0.2) is 0 Å². The molecule has 3 heteroatoms. The van der Waals surface area contributed by atoms with Crippen LogP contribution in [-0.4, -0.2) is 22.3 Å². The molecule has 0 radical (unpaired) electrons. The number of aliphatic hydroxyl groups is 1. The maximum Gasteiger partial charge on any atom is 0.335 e. The fraction of sp³-hybridized carbons (Fsp3) is 0.300. The molecule has 1 aliphatic carbocycles. The Bertz CT molecular complexity index is 346. The van der Waals surface area contributed by atoms with E-state index in [1.54, 1.807) is 24.3 Å². The third kappa shape index (κ3) is 1.42. The Morgan fingerprint density at radius 2 is 2.00 bits per heavy atom. The van der Waals surface area contributed by atoms with E-state index in [2.05, 4.69) is 0 Å². The highest BCUT2D eigenvalue weighted by atomic mass is 16.4. The Hall–Kier alpha value is -1.35. The lowest BCUT2D eigenvalue weighted by atomic mass is 10.0. The number of carboxylic acids is 1. The normalized spacial score (nSPS) is 25.6. The maximum atomic E-state index is 10.8. The van der Waals surface area contributed by atoms with Crippen molar-refractivity contribution in [3.8, 4) is 0 Å². The van der Waals surface area contributed by atoms with E-state index in [1.807, 2.05) is 0 Å². The third-order valence-electron chi connectivity index (χ3n) is 2.35. The predicted octanol–water partition coefficient (Wildman–Crippen LogP) is 1.23. The smallest absolute Gasteiger partial charge is 0.335 e. The van der Waals surface area contributed by atoms with Crippen LogP contribution in [0, 0.1) is 0 Å². The molecular weight excluding hydrogens is 168 g/mol. The lowest BCUT2D eigenvalue weighted by molar-refractivity contribution is 0.0695. The van der Waals surface area contributed by atoms with Crippen molar-refractivity contribution in [2.45, 2.75) is 18.4 Å². The largest absolute Gasteiger partial charge is 0.478 e. The minimum atomic E-state index is -0.922. The predicted molar refractivity (Wildman–Crippen MR) is 46.8 cm³/mol. The minimum Gasteiger partial charge on any atom is -0.478 e. The topological polar surface area (TPSA) is 57.5 Å². The number of carboxylic acid groups (broad SMARTS) is 1. The van der Waals surface area contributed by atoms with Crippen molar-refractivity contribution in [1.29, 1.82) is 0 Å². The molecular formula is C10H10O3. The number of hydrogen-bond donors (Lipinski definition) is 2. The molecule has 0 heterocycles. The molecule has 0 spiro atoms. The van der Waals surface area contributed by atoms with E-state index in [-0.39, 0.29) is 12.0 Å². The minimum absolute atomic E-state index is 0.0345. The average molecular weight is 178 g/mol. The summed E-state index contributed by atoms with van der Waals surface area (Å²) in [5, 5.41) is 18.0. The zero-order valence-electron chi connectivity index (χ0n) is 6.97. The second kappa shape index (κ2) is 2.85. The summed E-state index contributed by atoms with van der Waals surface area (Å²) in [5.41, 5.74) is 1.06. The first-order valence-electron chi connectivity index (χ1n) is 4.20. The van der Waals surface area contributed by atoms with Crippen LogP contribution in [0.4, 0.5) is 0 Å². The van der Waals surface area contributed by atoms with Gasteiger partial charge in [0.1, 0.15) is 0 Å². The first-order valence-corrected chi connectivity index (χ1v) is 4.20. The maximum absolute atomic E-state index is 10.8. The Kier molecular flexibility index (Phi) is 1.81. The number of benzene rings is 1. The molecule has 0 aliphatic heterocycles. The summed E-state index contributed by atoms with van der Waals surface area (Å²) in [5.74, 6) is -0.887. The summed E-state index contributed by atoms with van der Waals surface area (Å²) in [6.45, 7) is 0. The van der Waals surface area contributed by atoms with Crippen molar-refractivity contribution in [2.75, 3.05) is 0 Å². The van der Waals surface area contributed by atoms with E-state index in [0.29, 0.717) is 12.0 Å². The van der Waals surface area contributed by atoms with Gasteiger partial charge in [0.25, 0.3) is 0 Å². The van der Waals surface area contributed by atoms with Crippen LogP contribution in [0.2, 0.25) is 0 Å². The molecule has 1 fully saturated rings. The fourth-order valence-corrected chi connectivity index (χ4v) is 1.53. The van der Waals surface area contributed by atoms with Gasteiger partial charge >= 0.3 is 5.97 Å². The van der Waals surface area contributed by atoms with E-state index in [1.165, 1.54) is 0 Å². The molecule has 0 saturated heterocycles. The lowest BCUT2D eigenvalue weighted by Gasteiger charge is -2.02. The summed E-state index contributed by atoms with van der Waals surface area (Å²) in [6.07, 6.45) is 0.338. The average Bonchev–Trinajstić information content (AvgIpc) is 2.82. The summed E-state index contributed by atoms with van der Waals surface area (Å²) in [6, 6.07) is 6.83. The highest BCUT2D eigenvalue weighted by Gasteiger charge is 2.38. The molecule has 0 amide bonds. The van der Waals surface area contributed by atoms with Gasteiger partial charge in [-0.05, 0) is 18.1 Å². The van der Waals surface area contributed by atoms with Gasteiger partial charge in [0, 0.05) is 5.92 Å². The quantitative estimate of drug-likeness (QED) is 0.716. The molecule has 0 bridgehead atoms. The van der Waals surface area contributed by atoms with E-state index in [9.17, 15) is 9.90 Å². The van der Waals surface area contributed by atoms with Crippen molar-refractivity contribution >= 4 is 5.97 Å². The fourth-order valence-electron chi connectivity index (χ4n) is 1.53. The van der Waals surface area contributed by atoms with Crippen LogP contribution in [0.5, 0.6) is 0 Å². The number of aliphatic hydroxyl groups excluding tert-OH is 1.